The lowest BCUT2D eigenvalue weighted by molar-refractivity contribution is 0.397. The molecule has 0 N–H and O–H groups in total. The molecule has 0 heterocycles. The first-order valence-electron chi connectivity index (χ1n) is 8.58. The van der Waals surface area contributed by atoms with E-state index < -0.39 is 0 Å². The maximum Gasteiger partial charge on any atom is 0.0250 e. The van der Waals surface area contributed by atoms with Crippen LogP contribution in [-0.2, 0) is 19.3 Å². The van der Waals surface area contributed by atoms with Crippen LogP contribution in [0.4, 0.5) is 0 Å². The first kappa shape index (κ1) is 21.5. The van der Waals surface area contributed by atoms with E-state index in [1.54, 1.807) is 0 Å². The molecule has 0 aromatic heterocycles. The number of halogens is 2. The summed E-state index contributed by atoms with van der Waals surface area (Å²) in [7, 11) is 0. The van der Waals surface area contributed by atoms with Crippen LogP contribution in [0.15, 0.2) is 10.5 Å². The Bertz CT molecular complexity index is 511. The van der Waals surface area contributed by atoms with Gasteiger partial charge in [-0.1, -0.05) is 84.3 Å². The lowest BCUT2D eigenvalue weighted by Gasteiger charge is -2.27. The van der Waals surface area contributed by atoms with Crippen LogP contribution in [0.25, 0.3) is 0 Å². The van der Waals surface area contributed by atoms with E-state index in [0.717, 1.165) is 19.3 Å². The third-order valence-corrected chi connectivity index (χ3v) is 5.92. The lowest BCUT2D eigenvalue weighted by atomic mass is 9.81. The monoisotopic (exact) mass is 492 g/mol. The van der Waals surface area contributed by atoms with E-state index in [-0.39, 0.29) is 0 Å². The van der Waals surface area contributed by atoms with Gasteiger partial charge in [-0.05, 0) is 74.8 Å². The molecule has 0 radical (unpaired) electrons. The SMILES string of the molecule is CC(C)(C)Cc1cc(CC(C)(C)C)c(I)c(CC(C)(C)C)c1Br. The van der Waals surface area contributed by atoms with E-state index >= 15 is 0 Å². The molecule has 0 unspecified atom stereocenters. The van der Waals surface area contributed by atoms with E-state index in [4.69, 9.17) is 0 Å². The summed E-state index contributed by atoms with van der Waals surface area (Å²) in [6, 6.07) is 2.45. The largest absolute Gasteiger partial charge is 0.0599 e. The zero-order valence-corrected chi connectivity index (χ0v) is 20.2. The van der Waals surface area contributed by atoms with E-state index in [2.05, 4.69) is 107 Å². The second-order valence-corrected chi connectivity index (χ2v) is 12.4. The van der Waals surface area contributed by atoms with E-state index in [1.807, 2.05) is 0 Å². The van der Waals surface area contributed by atoms with Crippen molar-refractivity contribution in [1.29, 1.82) is 0 Å². The highest BCUT2D eigenvalue weighted by atomic mass is 127. The molecule has 2 heteroatoms. The summed E-state index contributed by atoms with van der Waals surface area (Å²) in [5.41, 5.74) is 5.39. The zero-order valence-electron chi connectivity index (χ0n) is 16.5. The van der Waals surface area contributed by atoms with Gasteiger partial charge in [0.25, 0.3) is 0 Å². The first-order valence-corrected chi connectivity index (χ1v) is 10.4. The Morgan fingerprint density at radius 2 is 1.13 bits per heavy atom. The third-order valence-electron chi connectivity index (χ3n) is 3.59. The van der Waals surface area contributed by atoms with Crippen LogP contribution in [0.1, 0.15) is 79.0 Å². The fraction of sp³-hybridized carbons (Fsp3) is 0.714. The highest BCUT2D eigenvalue weighted by Gasteiger charge is 2.24. The van der Waals surface area contributed by atoms with Gasteiger partial charge >= 0.3 is 0 Å². The molecule has 0 nitrogen and oxygen atoms in total. The number of hydrogen-bond donors (Lipinski definition) is 0. The molecule has 1 aromatic carbocycles. The maximum atomic E-state index is 3.95. The van der Waals surface area contributed by atoms with Gasteiger partial charge in [0.05, 0.1) is 0 Å². The highest BCUT2D eigenvalue weighted by molar-refractivity contribution is 14.1. The molecule has 132 valence electrons. The molecular formula is C21H34BrI. The molecule has 23 heavy (non-hydrogen) atoms. The number of rotatable bonds is 3. The van der Waals surface area contributed by atoms with Crippen molar-refractivity contribution in [2.24, 2.45) is 16.2 Å². The van der Waals surface area contributed by atoms with Crippen molar-refractivity contribution in [1.82, 2.24) is 0 Å². The molecular weight excluding hydrogens is 459 g/mol. The van der Waals surface area contributed by atoms with Crippen LogP contribution in [0, 0.1) is 19.8 Å². The standard InChI is InChI=1S/C21H34BrI/c1-19(2,3)11-14-10-15(12-20(4,5)6)18(23)16(17(14)22)13-21(7,8)9/h10H,11-13H2,1-9H3. The molecule has 1 aromatic rings. The summed E-state index contributed by atoms with van der Waals surface area (Å²) in [6.45, 7) is 21.0. The Labute approximate surface area is 166 Å². The van der Waals surface area contributed by atoms with Crippen molar-refractivity contribution in [3.05, 3.63) is 30.8 Å². The van der Waals surface area contributed by atoms with Gasteiger partial charge in [0.1, 0.15) is 0 Å². The Morgan fingerprint density at radius 1 is 0.739 bits per heavy atom. The molecule has 0 aliphatic carbocycles. The molecule has 0 bridgehead atoms. The van der Waals surface area contributed by atoms with Gasteiger partial charge in [-0.15, -0.1) is 0 Å². The van der Waals surface area contributed by atoms with E-state index in [9.17, 15) is 0 Å². The minimum absolute atomic E-state index is 0.293. The van der Waals surface area contributed by atoms with Crippen molar-refractivity contribution in [2.75, 3.05) is 0 Å². The second-order valence-electron chi connectivity index (χ2n) is 10.5. The molecule has 0 saturated carbocycles. The quantitative estimate of drug-likeness (QED) is 0.377. The van der Waals surface area contributed by atoms with Crippen LogP contribution >= 0.6 is 38.5 Å². The summed E-state index contributed by atoms with van der Waals surface area (Å²) >= 11 is 6.52. The van der Waals surface area contributed by atoms with Crippen molar-refractivity contribution in [2.45, 2.75) is 81.6 Å². The molecule has 1 rings (SSSR count). The van der Waals surface area contributed by atoms with Crippen LogP contribution in [0.2, 0.25) is 0 Å². The lowest BCUT2D eigenvalue weighted by Crippen LogP contribution is -2.17. The fourth-order valence-corrected chi connectivity index (χ4v) is 4.68. The average Bonchev–Trinajstić information content (AvgIpc) is 2.26. The molecule has 0 spiro atoms. The first-order chi connectivity index (χ1) is 10.1. The van der Waals surface area contributed by atoms with Gasteiger partial charge in [-0.2, -0.15) is 0 Å². The van der Waals surface area contributed by atoms with Crippen LogP contribution in [0.5, 0.6) is 0 Å². The smallest absolute Gasteiger partial charge is 0.0250 e. The predicted octanol–water partition coefficient (Wildman–Crippen LogP) is 7.82. The van der Waals surface area contributed by atoms with Crippen LogP contribution < -0.4 is 0 Å². The summed E-state index contributed by atoms with van der Waals surface area (Å²) in [6.07, 6.45) is 3.35. The summed E-state index contributed by atoms with van der Waals surface area (Å²) in [5.74, 6) is 0. The molecule has 0 saturated heterocycles. The molecule has 0 aliphatic rings. The maximum absolute atomic E-state index is 3.95. The third kappa shape index (κ3) is 7.46. The van der Waals surface area contributed by atoms with Crippen molar-refractivity contribution in [3.63, 3.8) is 0 Å². The summed E-state index contributed by atoms with van der Waals surface area (Å²) in [5, 5.41) is 0. The second kappa shape index (κ2) is 7.35. The Hall–Kier alpha value is 0.430. The number of benzene rings is 1. The van der Waals surface area contributed by atoms with Crippen LogP contribution in [-0.4, -0.2) is 0 Å². The summed E-state index contributed by atoms with van der Waals surface area (Å²) < 4.78 is 2.79. The van der Waals surface area contributed by atoms with Gasteiger partial charge in [-0.3, -0.25) is 0 Å². The van der Waals surface area contributed by atoms with Crippen molar-refractivity contribution < 1.29 is 0 Å². The fourth-order valence-electron chi connectivity index (χ4n) is 2.91. The van der Waals surface area contributed by atoms with Gasteiger partial charge in [0.15, 0.2) is 0 Å². The van der Waals surface area contributed by atoms with E-state index in [1.165, 1.54) is 24.7 Å². The van der Waals surface area contributed by atoms with Crippen molar-refractivity contribution in [3.8, 4) is 0 Å². The molecule has 0 amide bonds. The van der Waals surface area contributed by atoms with Crippen LogP contribution in [0.3, 0.4) is 0 Å². The minimum Gasteiger partial charge on any atom is -0.0599 e. The predicted molar refractivity (Wildman–Crippen MR) is 116 cm³/mol. The van der Waals surface area contributed by atoms with Gasteiger partial charge < -0.3 is 0 Å². The average molecular weight is 493 g/mol. The Morgan fingerprint density at radius 3 is 1.52 bits per heavy atom. The van der Waals surface area contributed by atoms with Gasteiger partial charge in [-0.25, -0.2) is 0 Å². The minimum atomic E-state index is 0.293. The zero-order chi connectivity index (χ0) is 18.2. The Balaban J connectivity index is 3.47. The van der Waals surface area contributed by atoms with Gasteiger partial charge in [0.2, 0.25) is 0 Å². The molecule has 0 fully saturated rings. The molecule has 0 atom stereocenters. The highest BCUT2D eigenvalue weighted by Crippen LogP contribution is 2.38. The topological polar surface area (TPSA) is 0 Å². The van der Waals surface area contributed by atoms with Crippen molar-refractivity contribution >= 4 is 38.5 Å². The molecule has 0 aliphatic heterocycles. The van der Waals surface area contributed by atoms with E-state index in [0.29, 0.717) is 16.2 Å². The number of hydrogen-bond acceptors (Lipinski definition) is 0. The normalized spacial score (nSPS) is 13.5. The Kier molecular flexibility index (Phi) is 6.86. The van der Waals surface area contributed by atoms with Gasteiger partial charge in [0, 0.05) is 8.04 Å². The summed E-state index contributed by atoms with van der Waals surface area (Å²) in [4.78, 5) is 0.